The van der Waals surface area contributed by atoms with E-state index < -0.39 is 17.7 Å². The van der Waals surface area contributed by atoms with Gasteiger partial charge < -0.3 is 14.7 Å². The van der Waals surface area contributed by atoms with Crippen LogP contribution in [-0.4, -0.2) is 27.8 Å². The van der Waals surface area contributed by atoms with Crippen molar-refractivity contribution in [2.75, 3.05) is 0 Å². The van der Waals surface area contributed by atoms with Crippen LogP contribution in [-0.2, 0) is 22.6 Å². The molecule has 0 saturated carbocycles. The zero-order valence-electron chi connectivity index (χ0n) is 17.2. The Morgan fingerprint density at radius 3 is 2.69 bits per heavy atom. The minimum Gasteiger partial charge on any atom is -0.507 e. The van der Waals surface area contributed by atoms with E-state index in [2.05, 4.69) is 0 Å². The maximum atomic E-state index is 13.1. The minimum absolute atomic E-state index is 0.0628. The predicted molar refractivity (Wildman–Crippen MR) is 124 cm³/mol. The SMILES string of the molecule is CC1Cc2cc(/C(O)=C3/C(=O)C(=O)N(Cc4cccs4)C3c3ccc(Cl)cc3)ccc2O1. The Labute approximate surface area is 194 Å². The van der Waals surface area contributed by atoms with Gasteiger partial charge in [-0.1, -0.05) is 29.8 Å². The maximum Gasteiger partial charge on any atom is 0.295 e. The minimum atomic E-state index is -0.710. The Balaban J connectivity index is 1.63. The summed E-state index contributed by atoms with van der Waals surface area (Å²) in [7, 11) is 0. The van der Waals surface area contributed by atoms with Crippen molar-refractivity contribution in [1.29, 1.82) is 0 Å². The number of hydrogen-bond donors (Lipinski definition) is 1. The summed E-state index contributed by atoms with van der Waals surface area (Å²) in [5.41, 5.74) is 2.26. The number of nitrogens with zero attached hydrogens (tertiary/aromatic N) is 1. The van der Waals surface area contributed by atoms with E-state index in [9.17, 15) is 14.7 Å². The predicted octanol–water partition coefficient (Wildman–Crippen LogP) is 5.35. The summed E-state index contributed by atoms with van der Waals surface area (Å²) in [5.74, 6) is -0.720. The van der Waals surface area contributed by atoms with Crippen LogP contribution in [0.4, 0.5) is 0 Å². The van der Waals surface area contributed by atoms with E-state index in [1.807, 2.05) is 30.5 Å². The molecule has 3 heterocycles. The molecule has 0 aliphatic carbocycles. The van der Waals surface area contributed by atoms with E-state index >= 15 is 0 Å². The summed E-state index contributed by atoms with van der Waals surface area (Å²) >= 11 is 7.58. The maximum absolute atomic E-state index is 13.1. The molecule has 1 fully saturated rings. The molecule has 2 aromatic carbocycles. The van der Waals surface area contributed by atoms with Crippen molar-refractivity contribution in [1.82, 2.24) is 4.90 Å². The fourth-order valence-corrected chi connectivity index (χ4v) is 5.16. The van der Waals surface area contributed by atoms with Crippen molar-refractivity contribution in [3.8, 4) is 5.75 Å². The van der Waals surface area contributed by atoms with Crippen LogP contribution >= 0.6 is 22.9 Å². The molecule has 5 nitrogen and oxygen atoms in total. The summed E-state index contributed by atoms with van der Waals surface area (Å²) in [4.78, 5) is 28.7. The molecule has 2 unspecified atom stereocenters. The lowest BCUT2D eigenvalue weighted by molar-refractivity contribution is -0.140. The number of amides is 1. The van der Waals surface area contributed by atoms with Crippen LogP contribution in [0.3, 0.4) is 0 Å². The van der Waals surface area contributed by atoms with Gasteiger partial charge in [0.25, 0.3) is 11.7 Å². The standard InChI is InChI=1S/C25H20ClNO4S/c1-14-11-17-12-16(6-9-20(17)31-14)23(28)21-22(15-4-7-18(26)8-5-15)27(25(30)24(21)29)13-19-3-2-10-32-19/h2-10,12,14,22,28H,11,13H2,1H3/b23-21-. The van der Waals surface area contributed by atoms with Gasteiger partial charge in [-0.2, -0.15) is 0 Å². The van der Waals surface area contributed by atoms with Gasteiger partial charge in [-0.3, -0.25) is 9.59 Å². The molecule has 2 aliphatic heterocycles. The Bertz CT molecular complexity index is 1230. The Hall–Kier alpha value is -3.09. The van der Waals surface area contributed by atoms with Gasteiger partial charge in [-0.05, 0) is 59.8 Å². The van der Waals surface area contributed by atoms with Crippen molar-refractivity contribution in [3.05, 3.63) is 92.1 Å². The fourth-order valence-electron chi connectivity index (χ4n) is 4.33. The number of hydrogen-bond acceptors (Lipinski definition) is 5. The molecule has 0 spiro atoms. The number of halogens is 1. The van der Waals surface area contributed by atoms with E-state index in [-0.39, 0.29) is 24.0 Å². The monoisotopic (exact) mass is 465 g/mol. The molecule has 2 aliphatic rings. The molecule has 162 valence electrons. The summed E-state index contributed by atoms with van der Waals surface area (Å²) in [5, 5.41) is 13.7. The van der Waals surface area contributed by atoms with Crippen LogP contribution in [0.1, 0.15) is 34.5 Å². The van der Waals surface area contributed by atoms with Gasteiger partial charge in [0.15, 0.2) is 0 Å². The number of carbonyl (C=O) groups excluding carboxylic acids is 2. The van der Waals surface area contributed by atoms with Crippen molar-refractivity contribution in [3.63, 3.8) is 0 Å². The van der Waals surface area contributed by atoms with Crippen LogP contribution < -0.4 is 4.74 Å². The highest BCUT2D eigenvalue weighted by molar-refractivity contribution is 7.09. The van der Waals surface area contributed by atoms with E-state index in [4.69, 9.17) is 16.3 Å². The van der Waals surface area contributed by atoms with Crippen LogP contribution in [0, 0.1) is 0 Å². The third kappa shape index (κ3) is 3.59. The fraction of sp³-hybridized carbons (Fsp3) is 0.200. The molecule has 0 radical (unpaired) electrons. The average Bonchev–Trinajstić information content (AvgIpc) is 3.48. The molecule has 7 heteroatoms. The van der Waals surface area contributed by atoms with Crippen molar-refractivity contribution >= 4 is 40.4 Å². The molecule has 0 bridgehead atoms. The number of rotatable bonds is 4. The first-order valence-corrected chi connectivity index (χ1v) is 11.5. The quantitative estimate of drug-likeness (QED) is 0.320. The summed E-state index contributed by atoms with van der Waals surface area (Å²) < 4.78 is 5.74. The van der Waals surface area contributed by atoms with Crippen molar-refractivity contribution in [2.24, 2.45) is 0 Å². The van der Waals surface area contributed by atoms with Crippen molar-refractivity contribution in [2.45, 2.75) is 32.0 Å². The second kappa shape index (κ2) is 8.11. The Morgan fingerprint density at radius 2 is 1.97 bits per heavy atom. The number of aliphatic hydroxyl groups excluding tert-OH is 1. The highest BCUT2D eigenvalue weighted by atomic mass is 35.5. The molecule has 1 amide bonds. The van der Waals surface area contributed by atoms with Gasteiger partial charge in [-0.25, -0.2) is 0 Å². The molecule has 3 aromatic rings. The number of carbonyl (C=O) groups is 2. The largest absolute Gasteiger partial charge is 0.507 e. The highest BCUT2D eigenvalue weighted by Gasteiger charge is 2.46. The van der Waals surface area contributed by atoms with E-state index in [1.54, 1.807) is 36.4 Å². The first-order valence-electron chi connectivity index (χ1n) is 10.3. The second-order valence-corrected chi connectivity index (χ2v) is 9.48. The van der Waals surface area contributed by atoms with E-state index in [0.29, 0.717) is 16.1 Å². The molecule has 2 atom stereocenters. The zero-order valence-corrected chi connectivity index (χ0v) is 18.8. The average molecular weight is 466 g/mol. The number of thiophene rings is 1. The Morgan fingerprint density at radius 1 is 1.19 bits per heavy atom. The third-order valence-electron chi connectivity index (χ3n) is 5.80. The zero-order chi connectivity index (χ0) is 22.4. The van der Waals surface area contributed by atoms with Crippen LogP contribution in [0.25, 0.3) is 5.76 Å². The summed E-state index contributed by atoms with van der Waals surface area (Å²) in [6.07, 6.45) is 0.789. The van der Waals surface area contributed by atoms with Gasteiger partial charge in [0.05, 0.1) is 18.2 Å². The Kier molecular flexibility index (Phi) is 5.27. The van der Waals surface area contributed by atoms with Gasteiger partial charge in [0.1, 0.15) is 17.6 Å². The first kappa shape index (κ1) is 20.8. The van der Waals surface area contributed by atoms with E-state index in [1.165, 1.54) is 16.2 Å². The number of fused-ring (bicyclic) bond motifs is 1. The molecule has 1 aromatic heterocycles. The van der Waals surface area contributed by atoms with Gasteiger partial charge >= 0.3 is 0 Å². The van der Waals surface area contributed by atoms with Crippen LogP contribution in [0.15, 0.2) is 65.6 Å². The summed E-state index contributed by atoms with van der Waals surface area (Å²) in [6.45, 7) is 2.26. The molecule has 1 N–H and O–H groups in total. The van der Waals surface area contributed by atoms with Gasteiger partial charge in [-0.15, -0.1) is 11.3 Å². The smallest absolute Gasteiger partial charge is 0.295 e. The third-order valence-corrected chi connectivity index (χ3v) is 6.91. The van der Waals surface area contributed by atoms with Crippen LogP contribution in [0.5, 0.6) is 5.75 Å². The number of aliphatic hydroxyl groups is 1. The molecular weight excluding hydrogens is 446 g/mol. The number of ketones is 1. The van der Waals surface area contributed by atoms with E-state index in [0.717, 1.165) is 22.6 Å². The lowest BCUT2D eigenvalue weighted by atomic mass is 9.94. The van der Waals surface area contributed by atoms with Gasteiger partial charge in [0.2, 0.25) is 0 Å². The van der Waals surface area contributed by atoms with Gasteiger partial charge in [0, 0.05) is 21.9 Å². The topological polar surface area (TPSA) is 66.8 Å². The highest BCUT2D eigenvalue weighted by Crippen LogP contribution is 2.41. The number of benzene rings is 2. The number of Topliss-reactive ketones (excluding diaryl/α,β-unsaturated/α-hetero) is 1. The molecule has 1 saturated heterocycles. The number of ether oxygens (including phenoxy) is 1. The van der Waals surface area contributed by atoms with Crippen LogP contribution in [0.2, 0.25) is 5.02 Å². The van der Waals surface area contributed by atoms with Crippen molar-refractivity contribution < 1.29 is 19.4 Å². The first-order chi connectivity index (χ1) is 15.4. The molecule has 5 rings (SSSR count). The molecule has 32 heavy (non-hydrogen) atoms. The summed E-state index contributed by atoms with van der Waals surface area (Å²) in [6, 6.07) is 15.5. The number of likely N-dealkylation sites (tertiary alicyclic amines) is 1. The second-order valence-electron chi connectivity index (χ2n) is 8.01. The normalized spacial score (nSPS) is 21.6. The molecular formula is C25H20ClNO4S. The lowest BCUT2D eigenvalue weighted by Crippen LogP contribution is -2.28. The lowest BCUT2D eigenvalue weighted by Gasteiger charge is -2.25.